The molecule has 4 nitrogen and oxygen atoms in total. The van der Waals surface area contributed by atoms with E-state index in [2.05, 4.69) is 4.90 Å². The Kier molecular flexibility index (Phi) is 7.00. The number of nitrogens with zero attached hydrogens (tertiary/aromatic N) is 2. The van der Waals surface area contributed by atoms with Gasteiger partial charge >= 0.3 is 0 Å². The minimum Gasteiger partial charge on any atom is -0.496 e. The van der Waals surface area contributed by atoms with Crippen molar-refractivity contribution >= 4 is 11.3 Å². The zero-order chi connectivity index (χ0) is 20.2. The lowest BCUT2D eigenvalue weighted by molar-refractivity contribution is 0.0813. The van der Waals surface area contributed by atoms with Gasteiger partial charge in [0.05, 0.1) is 13.7 Å². The summed E-state index contributed by atoms with van der Waals surface area (Å²) in [5.74, 6) is 0.695. The van der Waals surface area contributed by atoms with Crippen LogP contribution in [-0.4, -0.2) is 48.0 Å². The molecular weight excluding hydrogens is 363 g/mol. The number of benzene rings is 1. The molecule has 2 rings (SSSR count). The van der Waals surface area contributed by atoms with E-state index in [9.17, 15) is 9.50 Å². The molecule has 1 N–H and O–H groups in total. The summed E-state index contributed by atoms with van der Waals surface area (Å²) in [6.07, 6.45) is 1.06. The van der Waals surface area contributed by atoms with Gasteiger partial charge in [0.2, 0.25) is 0 Å². The van der Waals surface area contributed by atoms with Gasteiger partial charge in [-0.25, -0.2) is 9.37 Å². The first-order valence-corrected chi connectivity index (χ1v) is 10.2. The maximum atomic E-state index is 14.0. The van der Waals surface area contributed by atoms with Crippen LogP contribution in [0, 0.1) is 6.92 Å². The Morgan fingerprint density at radius 2 is 2.04 bits per heavy atom. The Morgan fingerprint density at radius 3 is 2.52 bits per heavy atom. The minimum absolute atomic E-state index is 0.126. The fraction of sp³-hybridized carbons (Fsp3) is 0.571. The van der Waals surface area contributed by atoms with Crippen LogP contribution >= 0.6 is 11.3 Å². The van der Waals surface area contributed by atoms with Gasteiger partial charge in [0.25, 0.3) is 0 Å². The van der Waals surface area contributed by atoms with Crippen LogP contribution in [0.3, 0.4) is 0 Å². The second-order valence-electron chi connectivity index (χ2n) is 7.58. The number of aryl methyl sites for hydroxylation is 2. The lowest BCUT2D eigenvalue weighted by atomic mass is 9.86. The number of hydrogen-bond donors (Lipinski definition) is 1. The molecule has 150 valence electrons. The number of thiazole rings is 1. The largest absolute Gasteiger partial charge is 0.496 e. The number of aliphatic hydroxyl groups excluding tert-OH is 1. The summed E-state index contributed by atoms with van der Waals surface area (Å²) in [7, 11) is 3.61. The number of aliphatic hydroxyl groups is 1. The molecule has 0 saturated heterocycles. The van der Waals surface area contributed by atoms with E-state index in [1.807, 2.05) is 44.5 Å². The number of aromatic nitrogens is 1. The highest BCUT2D eigenvalue weighted by molar-refractivity contribution is 7.09. The summed E-state index contributed by atoms with van der Waals surface area (Å²) in [6.45, 7) is 7.79. The van der Waals surface area contributed by atoms with Crippen molar-refractivity contribution in [1.29, 1.82) is 0 Å². The lowest BCUT2D eigenvalue weighted by Gasteiger charge is -2.40. The highest BCUT2D eigenvalue weighted by atomic mass is 32.1. The molecule has 0 aliphatic heterocycles. The van der Waals surface area contributed by atoms with E-state index in [4.69, 9.17) is 9.72 Å². The second kappa shape index (κ2) is 8.67. The highest BCUT2D eigenvalue weighted by Crippen LogP contribution is 2.41. The van der Waals surface area contributed by atoms with Crippen LogP contribution in [0.4, 0.5) is 4.39 Å². The first-order chi connectivity index (χ1) is 12.7. The Hall–Kier alpha value is -1.50. The van der Waals surface area contributed by atoms with Crippen LogP contribution < -0.4 is 4.74 Å². The predicted molar refractivity (Wildman–Crippen MR) is 110 cm³/mol. The molecule has 6 heteroatoms. The number of halogens is 1. The fourth-order valence-electron chi connectivity index (χ4n) is 3.25. The standard InChI is InChI=1S/C21H31FN2O2S/c1-7-24(5)21(14-25,19-23-15(2)13-27-19)17-12-16(8-9-18(17)26-6)10-11-20(3,4)22/h8-9,12-13,25H,7,10-11,14H2,1-6H3. The first kappa shape index (κ1) is 21.8. The van der Waals surface area contributed by atoms with E-state index in [1.54, 1.807) is 21.0 Å². The molecule has 1 heterocycles. The van der Waals surface area contributed by atoms with Crippen LogP contribution in [0.2, 0.25) is 0 Å². The Morgan fingerprint density at radius 1 is 1.33 bits per heavy atom. The van der Waals surface area contributed by atoms with E-state index < -0.39 is 11.2 Å². The second-order valence-corrected chi connectivity index (χ2v) is 8.44. The first-order valence-electron chi connectivity index (χ1n) is 9.29. The maximum absolute atomic E-state index is 14.0. The summed E-state index contributed by atoms with van der Waals surface area (Å²) >= 11 is 1.53. The van der Waals surface area contributed by atoms with Crippen molar-refractivity contribution in [2.45, 2.75) is 51.7 Å². The molecule has 0 amide bonds. The summed E-state index contributed by atoms with van der Waals surface area (Å²) in [6, 6.07) is 5.91. The topological polar surface area (TPSA) is 45.6 Å². The monoisotopic (exact) mass is 394 g/mol. The van der Waals surface area contributed by atoms with Gasteiger partial charge in [-0.2, -0.15) is 0 Å². The van der Waals surface area contributed by atoms with E-state index in [-0.39, 0.29) is 6.61 Å². The van der Waals surface area contributed by atoms with Gasteiger partial charge in [0.15, 0.2) is 0 Å². The number of hydrogen-bond acceptors (Lipinski definition) is 5. The average molecular weight is 395 g/mol. The predicted octanol–water partition coefficient (Wildman–Crippen LogP) is 4.33. The molecule has 0 aliphatic rings. The van der Waals surface area contributed by atoms with Gasteiger partial charge < -0.3 is 9.84 Å². The van der Waals surface area contributed by atoms with Crippen molar-refractivity contribution in [3.8, 4) is 5.75 Å². The van der Waals surface area contributed by atoms with E-state index >= 15 is 0 Å². The van der Waals surface area contributed by atoms with Gasteiger partial charge in [-0.05, 0) is 64.9 Å². The Bertz CT molecular complexity index is 757. The minimum atomic E-state index is -1.22. The SMILES string of the molecule is CCN(C)C(CO)(c1nc(C)cs1)c1cc(CCC(C)(C)F)ccc1OC. The third-order valence-corrected chi connectivity index (χ3v) is 6.16. The molecule has 1 unspecified atom stereocenters. The van der Waals surface area contributed by atoms with Crippen LogP contribution in [-0.2, 0) is 12.0 Å². The molecule has 2 aromatic rings. The average Bonchev–Trinajstić information content (AvgIpc) is 3.07. The third-order valence-electron chi connectivity index (χ3n) is 5.05. The number of alkyl halides is 1. The van der Waals surface area contributed by atoms with Crippen molar-refractivity contribution in [3.05, 3.63) is 45.4 Å². The molecule has 0 spiro atoms. The quantitative estimate of drug-likeness (QED) is 0.688. The van der Waals surface area contributed by atoms with E-state index in [0.29, 0.717) is 18.6 Å². The molecule has 0 bridgehead atoms. The smallest absolute Gasteiger partial charge is 0.125 e. The van der Waals surface area contributed by atoms with Crippen LogP contribution in [0.25, 0.3) is 0 Å². The number of methoxy groups -OCH3 is 1. The molecule has 27 heavy (non-hydrogen) atoms. The zero-order valence-electron chi connectivity index (χ0n) is 17.2. The number of ether oxygens (including phenoxy) is 1. The van der Waals surface area contributed by atoms with Crippen molar-refractivity contribution < 1.29 is 14.2 Å². The third kappa shape index (κ3) is 4.68. The summed E-state index contributed by atoms with van der Waals surface area (Å²) < 4.78 is 19.6. The fourth-order valence-corrected chi connectivity index (χ4v) is 4.30. The molecule has 0 radical (unpaired) electrons. The maximum Gasteiger partial charge on any atom is 0.125 e. The van der Waals surface area contributed by atoms with Crippen LogP contribution in [0.15, 0.2) is 23.6 Å². The molecule has 1 aromatic heterocycles. The number of rotatable bonds is 9. The van der Waals surface area contributed by atoms with E-state index in [0.717, 1.165) is 28.4 Å². The molecule has 0 saturated carbocycles. The lowest BCUT2D eigenvalue weighted by Crippen LogP contribution is -2.48. The Labute approximate surface area is 166 Å². The van der Waals surface area contributed by atoms with Gasteiger partial charge in [-0.15, -0.1) is 11.3 Å². The molecular formula is C21H31FN2O2S. The van der Waals surface area contributed by atoms with E-state index in [1.165, 1.54) is 11.3 Å². The summed E-state index contributed by atoms with van der Waals surface area (Å²) in [5, 5.41) is 13.4. The van der Waals surface area contributed by atoms with Crippen molar-refractivity contribution in [3.63, 3.8) is 0 Å². The summed E-state index contributed by atoms with van der Waals surface area (Å²) in [5.41, 5.74) is 0.778. The van der Waals surface area contributed by atoms with Gasteiger partial charge in [-0.3, -0.25) is 4.90 Å². The van der Waals surface area contributed by atoms with Crippen molar-refractivity contribution in [2.75, 3.05) is 27.3 Å². The van der Waals surface area contributed by atoms with Crippen molar-refractivity contribution in [2.24, 2.45) is 0 Å². The molecule has 0 aliphatic carbocycles. The van der Waals surface area contributed by atoms with Gasteiger partial charge in [-0.1, -0.05) is 13.0 Å². The van der Waals surface area contributed by atoms with Crippen molar-refractivity contribution in [1.82, 2.24) is 9.88 Å². The molecule has 1 atom stereocenters. The number of likely N-dealkylation sites (N-methyl/N-ethyl adjacent to an activating group) is 1. The normalized spacial score (nSPS) is 14.4. The van der Waals surface area contributed by atoms with Gasteiger partial charge in [0, 0.05) is 16.6 Å². The van der Waals surface area contributed by atoms with Crippen LogP contribution in [0.1, 0.15) is 49.0 Å². The molecule has 0 fully saturated rings. The highest BCUT2D eigenvalue weighted by Gasteiger charge is 2.42. The zero-order valence-corrected chi connectivity index (χ0v) is 18.0. The van der Waals surface area contributed by atoms with Crippen LogP contribution in [0.5, 0.6) is 5.75 Å². The van der Waals surface area contributed by atoms with Gasteiger partial charge in [0.1, 0.15) is 22.0 Å². The Balaban J connectivity index is 2.62. The summed E-state index contributed by atoms with van der Waals surface area (Å²) in [4.78, 5) is 6.78. The molecule has 1 aromatic carbocycles.